The predicted molar refractivity (Wildman–Crippen MR) is 99.6 cm³/mol. The zero-order valence-corrected chi connectivity index (χ0v) is 16.7. The van der Waals surface area contributed by atoms with Gasteiger partial charge in [-0.3, -0.25) is 4.98 Å². The molecular weight excluding hydrogens is 412 g/mol. The second-order valence-electron chi connectivity index (χ2n) is 5.99. The second kappa shape index (κ2) is 8.53. The Hall–Kier alpha value is -0.800. The van der Waals surface area contributed by atoms with Gasteiger partial charge < -0.3 is 5.11 Å². The molecule has 0 saturated heterocycles. The van der Waals surface area contributed by atoms with Crippen LogP contribution in [0.3, 0.4) is 0 Å². The summed E-state index contributed by atoms with van der Waals surface area (Å²) in [7, 11) is -3.68. The topological polar surface area (TPSA) is 79.3 Å². The number of hydrogen-bond donors (Lipinski definition) is 2. The molecule has 0 fully saturated rings. The van der Waals surface area contributed by atoms with Crippen LogP contribution in [0.2, 0.25) is 0 Å². The summed E-state index contributed by atoms with van der Waals surface area (Å²) in [6.45, 7) is 3.86. The molecule has 0 aliphatic carbocycles. The molecule has 2 N–H and O–H groups in total. The van der Waals surface area contributed by atoms with Crippen molar-refractivity contribution in [1.82, 2.24) is 9.71 Å². The molecule has 0 spiro atoms. The van der Waals surface area contributed by atoms with Gasteiger partial charge >= 0.3 is 0 Å². The van der Waals surface area contributed by atoms with E-state index >= 15 is 0 Å². The molecule has 0 aliphatic rings. The van der Waals surface area contributed by atoms with E-state index in [2.05, 4.69) is 39.5 Å². The molecule has 0 saturated carbocycles. The summed E-state index contributed by atoms with van der Waals surface area (Å²) < 4.78 is 28.8. The van der Waals surface area contributed by atoms with Crippen LogP contribution in [0.1, 0.15) is 31.7 Å². The van der Waals surface area contributed by atoms with E-state index in [0.29, 0.717) is 5.92 Å². The third-order valence-electron chi connectivity index (χ3n) is 3.64. The number of hydrogen-bond acceptors (Lipinski definition) is 5. The summed E-state index contributed by atoms with van der Waals surface area (Å²) in [5.74, 6) is 0.200. The Balaban J connectivity index is 2.29. The van der Waals surface area contributed by atoms with E-state index in [9.17, 15) is 13.5 Å². The van der Waals surface area contributed by atoms with E-state index in [4.69, 9.17) is 0 Å². The first-order valence-corrected chi connectivity index (χ1v) is 10.7. The maximum atomic E-state index is 12.6. The van der Waals surface area contributed by atoms with Crippen molar-refractivity contribution in [3.05, 3.63) is 46.0 Å². The molecule has 0 aromatic carbocycles. The minimum Gasteiger partial charge on any atom is -0.395 e. The van der Waals surface area contributed by atoms with Gasteiger partial charge in [0.1, 0.15) is 4.21 Å². The lowest BCUT2D eigenvalue weighted by Gasteiger charge is -2.27. The van der Waals surface area contributed by atoms with Crippen LogP contribution in [0.4, 0.5) is 0 Å². The van der Waals surface area contributed by atoms with Crippen LogP contribution < -0.4 is 4.72 Å². The first kappa shape index (κ1) is 19.5. The standard InChI is InChI=1S/C16H21BrN2O3S2/c1-11(2)8-13(12-4-3-7-18-9-12)14(10-20)19-24(21,22)16-6-5-15(17)23-16/h3-7,9,11,13-14,19-20H,8,10H2,1-2H3/t13-,14-/m1/s1. The Kier molecular flexibility index (Phi) is 6.94. The monoisotopic (exact) mass is 432 g/mol. The first-order valence-electron chi connectivity index (χ1n) is 7.62. The molecule has 0 unspecified atom stereocenters. The molecule has 2 atom stereocenters. The Labute approximate surface area is 155 Å². The maximum absolute atomic E-state index is 12.6. The highest BCUT2D eigenvalue weighted by atomic mass is 79.9. The zero-order chi connectivity index (χ0) is 17.7. The van der Waals surface area contributed by atoms with Crippen LogP contribution in [0.25, 0.3) is 0 Å². The molecule has 0 aliphatic heterocycles. The van der Waals surface area contributed by atoms with Gasteiger partial charge in [0.05, 0.1) is 16.4 Å². The van der Waals surface area contributed by atoms with Gasteiger partial charge in [-0.15, -0.1) is 11.3 Å². The lowest BCUT2D eigenvalue weighted by Crippen LogP contribution is -2.42. The SMILES string of the molecule is CC(C)C[C@H](c1cccnc1)[C@@H](CO)NS(=O)(=O)c1ccc(Br)s1. The third-order valence-corrected chi connectivity index (χ3v) is 7.25. The van der Waals surface area contributed by atoms with Gasteiger partial charge in [0.15, 0.2) is 0 Å². The van der Waals surface area contributed by atoms with Gasteiger partial charge in [0.25, 0.3) is 0 Å². The van der Waals surface area contributed by atoms with Crippen LogP contribution in [-0.4, -0.2) is 31.2 Å². The summed E-state index contributed by atoms with van der Waals surface area (Å²) in [6, 6.07) is 6.37. The molecule has 2 rings (SSSR count). The normalized spacial score (nSPS) is 14.7. The smallest absolute Gasteiger partial charge is 0.250 e. The van der Waals surface area contributed by atoms with E-state index in [-0.39, 0.29) is 16.7 Å². The fraction of sp³-hybridized carbons (Fsp3) is 0.438. The van der Waals surface area contributed by atoms with Crippen molar-refractivity contribution in [2.45, 2.75) is 36.4 Å². The van der Waals surface area contributed by atoms with Crippen molar-refractivity contribution in [2.75, 3.05) is 6.61 Å². The fourth-order valence-electron chi connectivity index (χ4n) is 2.58. The molecule has 0 radical (unpaired) electrons. The minimum absolute atomic E-state index is 0.151. The number of nitrogens with zero attached hydrogens (tertiary/aromatic N) is 1. The highest BCUT2D eigenvalue weighted by molar-refractivity contribution is 9.11. The first-order chi connectivity index (χ1) is 11.3. The Bertz CT molecular complexity index is 748. The molecule has 2 heterocycles. The lowest BCUT2D eigenvalue weighted by molar-refractivity contribution is 0.229. The van der Waals surface area contributed by atoms with Crippen LogP contribution in [0.5, 0.6) is 0 Å². The maximum Gasteiger partial charge on any atom is 0.250 e. The van der Waals surface area contributed by atoms with Crippen LogP contribution >= 0.6 is 27.3 Å². The van der Waals surface area contributed by atoms with Crippen molar-refractivity contribution in [1.29, 1.82) is 0 Å². The number of rotatable bonds is 8. The van der Waals surface area contributed by atoms with Gasteiger partial charge in [-0.05, 0) is 52.0 Å². The van der Waals surface area contributed by atoms with Crippen molar-refractivity contribution in [3.63, 3.8) is 0 Å². The van der Waals surface area contributed by atoms with E-state index < -0.39 is 16.1 Å². The summed E-state index contributed by atoms with van der Waals surface area (Å²) in [6.07, 6.45) is 4.15. The van der Waals surface area contributed by atoms with Gasteiger partial charge in [0, 0.05) is 18.3 Å². The molecule has 132 valence electrons. The Morgan fingerprint density at radius 3 is 2.58 bits per heavy atom. The highest BCUT2D eigenvalue weighted by Gasteiger charge is 2.29. The van der Waals surface area contributed by atoms with Crippen molar-refractivity contribution >= 4 is 37.3 Å². The number of aliphatic hydroxyl groups is 1. The molecule has 8 heteroatoms. The van der Waals surface area contributed by atoms with Gasteiger partial charge in [-0.2, -0.15) is 0 Å². The number of nitrogens with one attached hydrogen (secondary N) is 1. The number of aromatic nitrogens is 1. The van der Waals surface area contributed by atoms with Crippen LogP contribution in [-0.2, 0) is 10.0 Å². The second-order valence-corrected chi connectivity index (χ2v) is 10.4. The molecule has 0 bridgehead atoms. The van der Waals surface area contributed by atoms with E-state index in [1.165, 1.54) is 0 Å². The molecule has 5 nitrogen and oxygen atoms in total. The summed E-state index contributed by atoms with van der Waals surface area (Å²) in [5, 5.41) is 9.83. The molecule has 24 heavy (non-hydrogen) atoms. The fourth-order valence-corrected chi connectivity index (χ4v) is 5.88. The Morgan fingerprint density at radius 2 is 2.08 bits per heavy atom. The quantitative estimate of drug-likeness (QED) is 0.669. The lowest BCUT2D eigenvalue weighted by atomic mass is 9.86. The summed E-state index contributed by atoms with van der Waals surface area (Å²) in [5.41, 5.74) is 0.917. The summed E-state index contributed by atoms with van der Waals surface area (Å²) >= 11 is 4.42. The average molecular weight is 433 g/mol. The molecular formula is C16H21BrN2O3S2. The van der Waals surface area contributed by atoms with E-state index in [0.717, 1.165) is 27.1 Å². The number of pyridine rings is 1. The van der Waals surface area contributed by atoms with Gasteiger partial charge in [-0.1, -0.05) is 19.9 Å². The number of sulfonamides is 1. The summed E-state index contributed by atoms with van der Waals surface area (Å²) in [4.78, 5) is 4.12. The van der Waals surface area contributed by atoms with E-state index in [1.807, 2.05) is 12.1 Å². The molecule has 0 amide bonds. The molecule has 2 aromatic heterocycles. The molecule has 2 aromatic rings. The highest BCUT2D eigenvalue weighted by Crippen LogP contribution is 2.30. The van der Waals surface area contributed by atoms with Crippen molar-refractivity contribution in [3.8, 4) is 0 Å². The van der Waals surface area contributed by atoms with Crippen LogP contribution in [0, 0.1) is 5.92 Å². The largest absolute Gasteiger partial charge is 0.395 e. The van der Waals surface area contributed by atoms with E-state index in [1.54, 1.807) is 24.5 Å². The van der Waals surface area contributed by atoms with Crippen LogP contribution in [0.15, 0.2) is 44.7 Å². The minimum atomic E-state index is -3.68. The number of halogens is 1. The van der Waals surface area contributed by atoms with Crippen molar-refractivity contribution in [2.24, 2.45) is 5.92 Å². The van der Waals surface area contributed by atoms with Gasteiger partial charge in [-0.25, -0.2) is 13.1 Å². The Morgan fingerprint density at radius 1 is 1.33 bits per heavy atom. The number of aliphatic hydroxyl groups excluding tert-OH is 1. The average Bonchev–Trinajstić information content (AvgIpc) is 2.99. The third kappa shape index (κ3) is 5.10. The van der Waals surface area contributed by atoms with Gasteiger partial charge in [0.2, 0.25) is 10.0 Å². The predicted octanol–water partition coefficient (Wildman–Crippen LogP) is 3.37. The number of thiophene rings is 1. The van der Waals surface area contributed by atoms with Crippen molar-refractivity contribution < 1.29 is 13.5 Å². The zero-order valence-electron chi connectivity index (χ0n) is 13.5.